The Kier molecular flexibility index (Phi) is 4.80. The summed E-state index contributed by atoms with van der Waals surface area (Å²) in [5.41, 5.74) is 1.39. The van der Waals surface area contributed by atoms with Gasteiger partial charge in [-0.3, -0.25) is 9.59 Å². The fourth-order valence-electron chi connectivity index (χ4n) is 3.88. The van der Waals surface area contributed by atoms with Gasteiger partial charge < -0.3 is 9.80 Å². The lowest BCUT2D eigenvalue weighted by molar-refractivity contribution is -0.137. The van der Waals surface area contributed by atoms with Gasteiger partial charge >= 0.3 is 6.18 Å². The first-order valence-corrected chi connectivity index (χ1v) is 9.25. The van der Waals surface area contributed by atoms with Crippen LogP contribution in [0, 0.1) is 0 Å². The molecule has 1 aliphatic carbocycles. The minimum Gasteiger partial charge on any atom is -0.333 e. The molecule has 0 aromatic heterocycles. The zero-order valence-corrected chi connectivity index (χ0v) is 15.4. The Morgan fingerprint density at radius 1 is 1.14 bits per heavy atom. The number of fused-ring (bicyclic) bond motifs is 1. The molecule has 4 nitrogen and oxygen atoms in total. The Balaban J connectivity index is 1.39. The van der Waals surface area contributed by atoms with Crippen molar-refractivity contribution in [3.05, 3.63) is 70.7 Å². The Morgan fingerprint density at radius 3 is 2.55 bits per heavy atom. The van der Waals surface area contributed by atoms with E-state index in [0.29, 0.717) is 24.9 Å². The smallest absolute Gasteiger partial charge is 0.333 e. The summed E-state index contributed by atoms with van der Waals surface area (Å²) in [6.45, 7) is 0.530. The van der Waals surface area contributed by atoms with Crippen LogP contribution in [0.1, 0.15) is 29.9 Å². The predicted octanol–water partition coefficient (Wildman–Crippen LogP) is 3.93. The van der Waals surface area contributed by atoms with Gasteiger partial charge in [-0.1, -0.05) is 12.1 Å². The van der Waals surface area contributed by atoms with Crippen LogP contribution in [0.2, 0.25) is 0 Å². The first-order chi connectivity index (χ1) is 13.7. The second kappa shape index (κ2) is 7.17. The van der Waals surface area contributed by atoms with Gasteiger partial charge in [-0.25, -0.2) is 4.39 Å². The molecule has 1 aromatic carbocycles. The molecule has 0 spiro atoms. The Morgan fingerprint density at radius 2 is 1.86 bits per heavy atom. The van der Waals surface area contributed by atoms with Crippen LogP contribution >= 0.6 is 0 Å². The number of rotatable bonds is 3. The van der Waals surface area contributed by atoms with Crippen molar-refractivity contribution in [3.8, 4) is 0 Å². The molecule has 0 saturated carbocycles. The van der Waals surface area contributed by atoms with E-state index in [4.69, 9.17) is 0 Å². The van der Waals surface area contributed by atoms with Crippen molar-refractivity contribution in [3.63, 3.8) is 0 Å². The van der Waals surface area contributed by atoms with Crippen molar-refractivity contribution in [2.75, 3.05) is 19.6 Å². The van der Waals surface area contributed by atoms with Gasteiger partial charge in [0.2, 0.25) is 11.8 Å². The summed E-state index contributed by atoms with van der Waals surface area (Å²) in [7, 11) is 0. The molecule has 1 saturated heterocycles. The molecule has 1 fully saturated rings. The molecule has 29 heavy (non-hydrogen) atoms. The van der Waals surface area contributed by atoms with E-state index in [1.807, 2.05) is 0 Å². The van der Waals surface area contributed by atoms with Crippen LogP contribution in [0.3, 0.4) is 0 Å². The van der Waals surface area contributed by atoms with Gasteiger partial charge in [0.05, 0.1) is 18.0 Å². The van der Waals surface area contributed by atoms with Crippen molar-refractivity contribution in [2.45, 2.75) is 24.9 Å². The second-order valence-corrected chi connectivity index (χ2v) is 7.36. The summed E-state index contributed by atoms with van der Waals surface area (Å²) in [4.78, 5) is 28.2. The Hall–Kier alpha value is -2.90. The minimum absolute atomic E-state index is 0.108. The van der Waals surface area contributed by atoms with E-state index in [-0.39, 0.29) is 30.7 Å². The molecule has 0 N–H and O–H groups in total. The first kappa shape index (κ1) is 19.4. The van der Waals surface area contributed by atoms with E-state index >= 15 is 0 Å². The van der Waals surface area contributed by atoms with Crippen molar-refractivity contribution in [2.24, 2.45) is 0 Å². The molecule has 3 aliphatic rings. The molecule has 152 valence electrons. The number of allylic oxidation sites excluding steroid dienone is 3. The van der Waals surface area contributed by atoms with Crippen LogP contribution in [0.25, 0.3) is 0 Å². The molecule has 8 heteroatoms. The standard InChI is InChI=1S/C21H18F4N2O2/c22-17-6-3-14-10-27(11-15(14)9-17)19(28)12-26-8-7-18(20(26)29)13-1-4-16(5-2-13)21(23,24)25/h1-2,4-6,9-10,18H,3,7-8,11-12H2. The summed E-state index contributed by atoms with van der Waals surface area (Å²) in [5, 5.41) is 0. The number of alkyl halides is 3. The van der Waals surface area contributed by atoms with Crippen LogP contribution in [-0.2, 0) is 15.8 Å². The maximum atomic E-state index is 13.4. The third-order valence-corrected chi connectivity index (χ3v) is 5.48. The number of hydrogen-bond acceptors (Lipinski definition) is 2. The quantitative estimate of drug-likeness (QED) is 0.714. The first-order valence-electron chi connectivity index (χ1n) is 9.25. The van der Waals surface area contributed by atoms with Crippen molar-refractivity contribution in [1.82, 2.24) is 9.80 Å². The highest BCUT2D eigenvalue weighted by Crippen LogP contribution is 2.34. The summed E-state index contributed by atoms with van der Waals surface area (Å²) in [6.07, 6.45) is 0.988. The maximum Gasteiger partial charge on any atom is 0.416 e. The molecular weight excluding hydrogens is 388 g/mol. The molecule has 1 unspecified atom stereocenters. The van der Waals surface area contributed by atoms with Crippen LogP contribution in [0.15, 0.2) is 59.6 Å². The number of nitrogens with zero attached hydrogens (tertiary/aromatic N) is 2. The van der Waals surface area contributed by atoms with Gasteiger partial charge in [0, 0.05) is 12.7 Å². The lowest BCUT2D eigenvalue weighted by atomic mass is 9.96. The second-order valence-electron chi connectivity index (χ2n) is 7.36. The normalized spacial score (nSPS) is 21.7. The zero-order valence-electron chi connectivity index (χ0n) is 15.4. The highest BCUT2D eigenvalue weighted by molar-refractivity contribution is 5.90. The summed E-state index contributed by atoms with van der Waals surface area (Å²) in [6, 6.07) is 4.57. The van der Waals surface area contributed by atoms with E-state index in [1.165, 1.54) is 34.1 Å². The fraction of sp³-hybridized carbons (Fsp3) is 0.333. The van der Waals surface area contributed by atoms with Crippen molar-refractivity contribution in [1.29, 1.82) is 0 Å². The van der Waals surface area contributed by atoms with Crippen molar-refractivity contribution >= 4 is 11.8 Å². The van der Waals surface area contributed by atoms with Crippen molar-refractivity contribution < 1.29 is 27.2 Å². The molecule has 2 amide bonds. The van der Waals surface area contributed by atoms with E-state index in [1.54, 1.807) is 6.20 Å². The number of amides is 2. The van der Waals surface area contributed by atoms with Gasteiger partial charge in [-0.2, -0.15) is 13.2 Å². The van der Waals surface area contributed by atoms with Crippen LogP contribution in [-0.4, -0.2) is 41.2 Å². The van der Waals surface area contributed by atoms with Gasteiger partial charge in [0.1, 0.15) is 12.4 Å². The number of likely N-dealkylation sites (tertiary alicyclic amines) is 1. The average Bonchev–Trinajstić information content (AvgIpc) is 3.25. The lowest BCUT2D eigenvalue weighted by Gasteiger charge is -2.20. The average molecular weight is 406 g/mol. The lowest BCUT2D eigenvalue weighted by Crippen LogP contribution is -2.38. The minimum atomic E-state index is -4.42. The number of halogens is 4. The molecule has 0 radical (unpaired) electrons. The molecule has 1 aromatic rings. The molecule has 0 bridgehead atoms. The van der Waals surface area contributed by atoms with Gasteiger partial charge in [0.25, 0.3) is 0 Å². The molecule has 2 aliphatic heterocycles. The monoisotopic (exact) mass is 406 g/mol. The highest BCUT2D eigenvalue weighted by Gasteiger charge is 2.36. The number of hydrogen-bond donors (Lipinski definition) is 0. The zero-order chi connectivity index (χ0) is 20.8. The maximum absolute atomic E-state index is 13.4. The van der Waals surface area contributed by atoms with Gasteiger partial charge in [-0.15, -0.1) is 0 Å². The topological polar surface area (TPSA) is 40.6 Å². The van der Waals surface area contributed by atoms with E-state index in [0.717, 1.165) is 23.3 Å². The van der Waals surface area contributed by atoms with Gasteiger partial charge in [-0.05, 0) is 53.8 Å². The molecular formula is C21H18F4N2O2. The number of carbonyl (C=O) groups excluding carboxylic acids is 2. The largest absolute Gasteiger partial charge is 0.416 e. The predicted molar refractivity (Wildman–Crippen MR) is 97.1 cm³/mol. The highest BCUT2D eigenvalue weighted by atomic mass is 19.4. The fourth-order valence-corrected chi connectivity index (χ4v) is 3.88. The number of carbonyl (C=O) groups is 2. The molecule has 1 atom stereocenters. The van der Waals surface area contributed by atoms with Gasteiger partial charge in [0.15, 0.2) is 0 Å². The Bertz CT molecular complexity index is 944. The van der Waals surface area contributed by atoms with Crippen LogP contribution in [0.4, 0.5) is 17.6 Å². The van der Waals surface area contributed by atoms with Crippen LogP contribution in [0.5, 0.6) is 0 Å². The summed E-state index contributed by atoms with van der Waals surface area (Å²) in [5.74, 6) is -1.41. The summed E-state index contributed by atoms with van der Waals surface area (Å²) >= 11 is 0. The molecule has 2 heterocycles. The van der Waals surface area contributed by atoms with E-state index in [9.17, 15) is 27.2 Å². The summed E-state index contributed by atoms with van der Waals surface area (Å²) < 4.78 is 51.5. The van der Waals surface area contributed by atoms with E-state index in [2.05, 4.69) is 0 Å². The van der Waals surface area contributed by atoms with E-state index < -0.39 is 17.7 Å². The van der Waals surface area contributed by atoms with Crippen LogP contribution < -0.4 is 0 Å². The molecule has 4 rings (SSSR count). The third-order valence-electron chi connectivity index (χ3n) is 5.48. The number of benzene rings is 1. The Labute approximate surface area is 164 Å². The SMILES string of the molecule is O=C(CN1CCC(c2ccc(C(F)(F)F)cc2)C1=O)N1C=C2CC=C(F)C=C2C1. The third kappa shape index (κ3) is 3.83.